The Labute approximate surface area is 134 Å². The molecule has 124 valence electrons. The largest absolute Gasteiger partial charge is 0.447 e. The highest BCUT2D eigenvalue weighted by atomic mass is 32.2. The monoisotopic (exact) mass is 329 g/mol. The molecule has 7 nitrogen and oxygen atoms in total. The normalized spacial score (nSPS) is 34.3. The van der Waals surface area contributed by atoms with Gasteiger partial charge in [-0.25, -0.2) is 4.79 Å². The van der Waals surface area contributed by atoms with E-state index in [0.29, 0.717) is 6.42 Å². The van der Waals surface area contributed by atoms with Gasteiger partial charge in [-0.05, 0) is 12.8 Å². The maximum atomic E-state index is 11.5. The number of rotatable bonds is 2. The topological polar surface area (TPSA) is 74.6 Å². The van der Waals surface area contributed by atoms with Crippen LogP contribution in [0, 0.1) is 0 Å². The first-order chi connectivity index (χ1) is 10.5. The Balaban J connectivity index is 1.55. The summed E-state index contributed by atoms with van der Waals surface area (Å²) in [5.41, 5.74) is -0.178. The number of carbonyl (C=O) groups excluding carboxylic acids is 1. The van der Waals surface area contributed by atoms with E-state index >= 15 is 0 Å². The van der Waals surface area contributed by atoms with Crippen LogP contribution in [0.3, 0.4) is 0 Å². The Bertz CT molecular complexity index is 453. The number of thioether (sulfide) groups is 1. The summed E-state index contributed by atoms with van der Waals surface area (Å²) in [4.78, 5) is 19.8. The zero-order valence-corrected chi connectivity index (χ0v) is 13.8. The minimum absolute atomic E-state index is 0.164. The van der Waals surface area contributed by atoms with Gasteiger partial charge in [0.2, 0.25) is 0 Å². The maximum Gasteiger partial charge on any atom is 0.409 e. The van der Waals surface area contributed by atoms with E-state index in [1.807, 2.05) is 0 Å². The summed E-state index contributed by atoms with van der Waals surface area (Å²) in [5.74, 6) is 0. The molecule has 3 aliphatic heterocycles. The maximum absolute atomic E-state index is 11.5. The predicted molar refractivity (Wildman–Crippen MR) is 83.9 cm³/mol. The summed E-state index contributed by atoms with van der Waals surface area (Å²) in [7, 11) is 3.27. The first kappa shape index (κ1) is 15.9. The van der Waals surface area contributed by atoms with Crippen LogP contribution in [0.1, 0.15) is 19.3 Å². The van der Waals surface area contributed by atoms with Gasteiger partial charge in [0, 0.05) is 33.6 Å². The lowest BCUT2D eigenvalue weighted by Crippen LogP contribution is -2.46. The summed E-state index contributed by atoms with van der Waals surface area (Å²) in [6.45, 7) is 2.23. The molecule has 0 aromatic rings. The second-order valence-corrected chi connectivity index (χ2v) is 7.18. The molecule has 3 aliphatic rings. The van der Waals surface area contributed by atoms with E-state index in [1.54, 1.807) is 25.9 Å². The molecular weight excluding hydrogens is 306 g/mol. The van der Waals surface area contributed by atoms with Crippen molar-refractivity contribution < 1.29 is 19.4 Å². The van der Waals surface area contributed by atoms with Gasteiger partial charge < -0.3 is 24.4 Å². The fourth-order valence-corrected chi connectivity index (χ4v) is 4.20. The van der Waals surface area contributed by atoms with Crippen molar-refractivity contribution in [2.75, 3.05) is 33.8 Å². The van der Waals surface area contributed by atoms with Crippen molar-refractivity contribution in [2.24, 2.45) is 4.99 Å². The lowest BCUT2D eigenvalue weighted by molar-refractivity contribution is -0.0903. The molecule has 2 saturated heterocycles. The van der Waals surface area contributed by atoms with Gasteiger partial charge in [0.15, 0.2) is 5.17 Å². The molecule has 22 heavy (non-hydrogen) atoms. The van der Waals surface area contributed by atoms with Crippen molar-refractivity contribution in [3.63, 3.8) is 0 Å². The zero-order valence-electron chi connectivity index (χ0n) is 13.0. The Kier molecular flexibility index (Phi) is 4.79. The average molecular weight is 329 g/mol. The van der Waals surface area contributed by atoms with Crippen molar-refractivity contribution in [3.8, 4) is 0 Å². The Morgan fingerprint density at radius 2 is 2.23 bits per heavy atom. The number of hydrogen-bond donors (Lipinski definition) is 1. The van der Waals surface area contributed by atoms with Crippen LogP contribution in [-0.2, 0) is 9.47 Å². The van der Waals surface area contributed by atoms with Gasteiger partial charge in [-0.15, -0.1) is 0 Å². The third-order valence-corrected chi connectivity index (χ3v) is 5.32. The molecule has 0 bridgehead atoms. The highest BCUT2D eigenvalue weighted by Crippen LogP contribution is 2.38. The molecule has 0 radical (unpaired) electrons. The van der Waals surface area contributed by atoms with E-state index in [0.717, 1.165) is 18.3 Å². The van der Waals surface area contributed by atoms with Crippen LogP contribution in [0.5, 0.6) is 0 Å². The minimum Gasteiger partial charge on any atom is -0.447 e. The number of amides is 1. The van der Waals surface area contributed by atoms with Gasteiger partial charge in [-0.2, -0.15) is 0 Å². The number of fused-ring (bicyclic) bond motifs is 1. The number of aliphatic imine (C=N–C) groups is 1. The van der Waals surface area contributed by atoms with Crippen LogP contribution in [0.4, 0.5) is 4.79 Å². The quantitative estimate of drug-likeness (QED) is 0.805. The Hall–Kier alpha value is -0.990. The molecule has 8 heteroatoms. The van der Waals surface area contributed by atoms with E-state index in [9.17, 15) is 9.90 Å². The van der Waals surface area contributed by atoms with Crippen LogP contribution < -0.4 is 0 Å². The minimum atomic E-state index is -0.547. The molecule has 0 aromatic carbocycles. The number of ether oxygens (including phenoxy) is 2. The molecule has 0 spiro atoms. The molecule has 0 aliphatic carbocycles. The number of nitrogens with zero attached hydrogens (tertiary/aromatic N) is 3. The second kappa shape index (κ2) is 6.64. The van der Waals surface area contributed by atoms with Gasteiger partial charge in [-0.1, -0.05) is 11.8 Å². The van der Waals surface area contributed by atoms with Crippen molar-refractivity contribution >= 4 is 23.0 Å². The van der Waals surface area contributed by atoms with Crippen LogP contribution in [0.2, 0.25) is 0 Å². The highest BCUT2D eigenvalue weighted by Gasteiger charge is 2.44. The van der Waals surface area contributed by atoms with E-state index in [4.69, 9.17) is 9.47 Å². The summed E-state index contributed by atoms with van der Waals surface area (Å²) in [6, 6.07) is -0.207. The predicted octanol–water partition coefficient (Wildman–Crippen LogP) is 0.728. The molecular formula is C14H23N3O4S. The molecule has 2 fully saturated rings. The molecule has 0 aromatic heterocycles. The fourth-order valence-electron chi connectivity index (χ4n) is 2.89. The number of hydrogen-bond acceptors (Lipinski definition) is 7. The number of amidine groups is 1. The van der Waals surface area contributed by atoms with Gasteiger partial charge >= 0.3 is 6.09 Å². The Morgan fingerprint density at radius 1 is 1.50 bits per heavy atom. The van der Waals surface area contributed by atoms with Gasteiger partial charge in [0.1, 0.15) is 18.1 Å². The van der Waals surface area contributed by atoms with E-state index in [-0.39, 0.29) is 24.2 Å². The van der Waals surface area contributed by atoms with Crippen molar-refractivity contribution in [3.05, 3.63) is 0 Å². The van der Waals surface area contributed by atoms with Gasteiger partial charge in [0.25, 0.3) is 0 Å². The van der Waals surface area contributed by atoms with Crippen LogP contribution in [0.15, 0.2) is 4.99 Å². The van der Waals surface area contributed by atoms with Crippen molar-refractivity contribution in [2.45, 2.75) is 42.9 Å². The molecule has 3 heterocycles. The molecule has 1 N–H and O–H groups in total. The summed E-state index contributed by atoms with van der Waals surface area (Å²) < 4.78 is 11.1. The molecule has 0 saturated carbocycles. The van der Waals surface area contributed by atoms with Crippen molar-refractivity contribution in [1.82, 2.24) is 9.80 Å². The third kappa shape index (κ3) is 3.33. The number of aliphatic hydroxyl groups is 1. The molecule has 3 rings (SSSR count). The van der Waals surface area contributed by atoms with E-state index in [1.165, 1.54) is 17.7 Å². The fraction of sp³-hybridized carbons (Fsp3) is 0.857. The number of likely N-dealkylation sites (tertiary alicyclic amines) is 1. The third-order valence-electron chi connectivity index (χ3n) is 4.12. The zero-order chi connectivity index (χ0) is 15.7. The van der Waals surface area contributed by atoms with Gasteiger partial charge in [0.05, 0.1) is 12.2 Å². The van der Waals surface area contributed by atoms with Crippen LogP contribution >= 0.6 is 11.8 Å². The summed E-state index contributed by atoms with van der Waals surface area (Å²) >= 11 is 1.58. The Morgan fingerprint density at radius 3 is 2.91 bits per heavy atom. The van der Waals surface area contributed by atoms with Crippen molar-refractivity contribution in [1.29, 1.82) is 0 Å². The molecule has 4 unspecified atom stereocenters. The van der Waals surface area contributed by atoms with E-state index in [2.05, 4.69) is 9.89 Å². The molecule has 1 amide bonds. The van der Waals surface area contributed by atoms with E-state index < -0.39 is 12.2 Å². The van der Waals surface area contributed by atoms with Gasteiger partial charge in [-0.3, -0.25) is 4.99 Å². The summed E-state index contributed by atoms with van der Waals surface area (Å²) in [6.07, 6.45) is 1.62. The van der Waals surface area contributed by atoms with Crippen LogP contribution in [0.25, 0.3) is 0 Å². The smallest absolute Gasteiger partial charge is 0.409 e. The highest BCUT2D eigenvalue weighted by molar-refractivity contribution is 8.14. The first-order valence-electron chi connectivity index (χ1n) is 7.71. The SMILES string of the molecule is CN(C)C(=O)OCC1CC(O)C2N=C(N3CCCC3)SC2O1. The lowest BCUT2D eigenvalue weighted by Gasteiger charge is -2.33. The average Bonchev–Trinajstić information content (AvgIpc) is 3.13. The standard InChI is InChI=1S/C14H23N3O4S/c1-16(2)14(19)20-8-9-7-10(18)11-12(21-9)22-13(15-11)17-5-3-4-6-17/h9-12,18H,3-8H2,1-2H3. The second-order valence-electron chi connectivity index (χ2n) is 6.12. The lowest BCUT2D eigenvalue weighted by atomic mass is 10.0. The number of carbonyl (C=O) groups is 1. The first-order valence-corrected chi connectivity index (χ1v) is 8.59. The summed E-state index contributed by atoms with van der Waals surface area (Å²) in [5, 5.41) is 11.3. The van der Waals surface area contributed by atoms with Crippen LogP contribution in [-0.4, -0.2) is 83.6 Å². The molecule has 4 atom stereocenters. The number of aliphatic hydroxyl groups excluding tert-OH is 1.